The number of amides is 1. The zero-order valence-electron chi connectivity index (χ0n) is 20.3. The highest BCUT2D eigenvalue weighted by atomic mass is 32.1. The maximum absolute atomic E-state index is 13.5. The van der Waals surface area contributed by atoms with Gasteiger partial charge in [0.05, 0.1) is 11.4 Å². The maximum atomic E-state index is 13.5. The van der Waals surface area contributed by atoms with Gasteiger partial charge in [-0.25, -0.2) is 4.68 Å². The lowest BCUT2D eigenvalue weighted by atomic mass is 9.94. The second-order valence-corrected chi connectivity index (χ2v) is 10.8. The van der Waals surface area contributed by atoms with Crippen LogP contribution in [0.25, 0.3) is 22.5 Å². The maximum Gasteiger partial charge on any atom is 0.274 e. The van der Waals surface area contributed by atoms with Gasteiger partial charge in [0.15, 0.2) is 5.69 Å². The first-order chi connectivity index (χ1) is 16.1. The average molecular weight is 479 g/mol. The molecule has 0 fully saturated rings. The first kappa shape index (κ1) is 22.7. The summed E-state index contributed by atoms with van der Waals surface area (Å²) < 4.78 is 7.92. The molecule has 2 aliphatic rings. The van der Waals surface area contributed by atoms with Crippen LogP contribution in [-0.4, -0.2) is 63.3 Å². The number of rotatable bonds is 3. The minimum absolute atomic E-state index is 0.139. The summed E-state index contributed by atoms with van der Waals surface area (Å²) in [4.78, 5) is 17.5. The van der Waals surface area contributed by atoms with Crippen LogP contribution in [0, 0.1) is 0 Å². The minimum Gasteiger partial charge on any atom is -0.507 e. The van der Waals surface area contributed by atoms with E-state index in [1.165, 1.54) is 0 Å². The molecule has 0 radical (unpaired) electrons. The zero-order valence-corrected chi connectivity index (χ0v) is 21.1. The van der Waals surface area contributed by atoms with Gasteiger partial charge in [0.1, 0.15) is 18.1 Å². The molecule has 1 aromatic carbocycles. The lowest BCUT2D eigenvalue weighted by Gasteiger charge is -2.31. The van der Waals surface area contributed by atoms with Gasteiger partial charge in [-0.15, -0.1) is 0 Å². The fraction of sp³-hybridized carbons (Fsp3) is 0.385. The standard InChI is InChI=1S/C26H30N4O3S/c1-26(2,3)29(5)25(32)23-20-14-33-22-12-21(31)18(16-7-6-9-28(4)13-16)11-19(22)24(20)30(27-23)17-8-10-34-15-17/h7-8,10-12,15,31H,6,9,13-14H2,1-5H3. The molecule has 2 aliphatic heterocycles. The highest BCUT2D eigenvalue weighted by molar-refractivity contribution is 7.08. The molecular weight excluding hydrogens is 448 g/mol. The largest absolute Gasteiger partial charge is 0.507 e. The van der Waals surface area contributed by atoms with Gasteiger partial charge in [0.25, 0.3) is 5.91 Å². The van der Waals surface area contributed by atoms with E-state index in [9.17, 15) is 9.90 Å². The number of carbonyl (C=O) groups excluding carboxylic acids is 1. The monoisotopic (exact) mass is 478 g/mol. The first-order valence-electron chi connectivity index (χ1n) is 11.5. The molecule has 0 spiro atoms. The fourth-order valence-corrected chi connectivity index (χ4v) is 5.05. The molecular formula is C26H30N4O3S. The molecule has 0 atom stereocenters. The molecule has 178 valence electrons. The van der Waals surface area contributed by atoms with Crippen molar-refractivity contribution < 1.29 is 14.6 Å². The SMILES string of the molecule is CN1CCC=C(c2cc3c(cc2O)OCc2c(C(=O)N(C)C(C)(C)C)nn(-c4ccsc4)c2-3)C1. The highest BCUT2D eigenvalue weighted by Gasteiger charge is 2.34. The average Bonchev–Trinajstić information content (AvgIpc) is 3.45. The van der Waals surface area contributed by atoms with Crippen LogP contribution in [0.3, 0.4) is 0 Å². The summed E-state index contributed by atoms with van der Waals surface area (Å²) in [6, 6.07) is 5.67. The van der Waals surface area contributed by atoms with Gasteiger partial charge < -0.3 is 19.6 Å². The second kappa shape index (κ2) is 8.29. The number of aromatic nitrogens is 2. The Hall–Kier alpha value is -3.10. The lowest BCUT2D eigenvalue weighted by Crippen LogP contribution is -2.43. The van der Waals surface area contributed by atoms with E-state index in [0.717, 1.165) is 53.2 Å². The van der Waals surface area contributed by atoms with Crippen molar-refractivity contribution in [1.29, 1.82) is 0 Å². The Labute approximate surface area is 203 Å². The third-order valence-corrected chi connectivity index (χ3v) is 7.33. The number of nitrogens with zero attached hydrogens (tertiary/aromatic N) is 4. The van der Waals surface area contributed by atoms with Crippen LogP contribution in [0.2, 0.25) is 0 Å². The molecule has 3 aromatic rings. The molecule has 1 N–H and O–H groups in total. The van der Waals surface area contributed by atoms with Crippen molar-refractivity contribution in [3.8, 4) is 28.4 Å². The number of thiophene rings is 1. The van der Waals surface area contributed by atoms with E-state index in [4.69, 9.17) is 9.84 Å². The Balaban J connectivity index is 1.70. The topological polar surface area (TPSA) is 70.8 Å². The Bertz CT molecular complexity index is 1280. The number of hydrogen-bond donors (Lipinski definition) is 1. The molecule has 8 heteroatoms. The number of aromatic hydroxyl groups is 1. The second-order valence-electron chi connectivity index (χ2n) is 10.0. The number of likely N-dealkylation sites (N-methyl/N-ethyl adjacent to an activating group) is 1. The van der Waals surface area contributed by atoms with Crippen LogP contribution in [0.1, 0.15) is 48.8 Å². The molecule has 0 saturated heterocycles. The van der Waals surface area contributed by atoms with Gasteiger partial charge in [0.2, 0.25) is 0 Å². The molecule has 5 rings (SSSR count). The number of hydrogen-bond acceptors (Lipinski definition) is 6. The quantitative estimate of drug-likeness (QED) is 0.586. The van der Waals surface area contributed by atoms with E-state index in [0.29, 0.717) is 11.4 Å². The molecule has 1 amide bonds. The minimum atomic E-state index is -0.345. The van der Waals surface area contributed by atoms with Gasteiger partial charge in [-0.1, -0.05) is 6.08 Å². The van der Waals surface area contributed by atoms with E-state index in [-0.39, 0.29) is 23.8 Å². The summed E-state index contributed by atoms with van der Waals surface area (Å²) in [6.07, 6.45) is 3.13. The van der Waals surface area contributed by atoms with Crippen molar-refractivity contribution in [1.82, 2.24) is 19.6 Å². The Morgan fingerprint density at radius 1 is 1.26 bits per heavy atom. The molecule has 2 aromatic heterocycles. The predicted octanol–water partition coefficient (Wildman–Crippen LogP) is 4.79. The summed E-state index contributed by atoms with van der Waals surface area (Å²) >= 11 is 1.58. The normalized spacial score (nSPS) is 15.9. The number of phenols is 1. The first-order valence-corrected chi connectivity index (χ1v) is 12.4. The van der Waals surface area contributed by atoms with E-state index >= 15 is 0 Å². The Morgan fingerprint density at radius 2 is 2.06 bits per heavy atom. The van der Waals surface area contributed by atoms with E-state index in [1.807, 2.05) is 48.3 Å². The third-order valence-electron chi connectivity index (χ3n) is 6.66. The summed E-state index contributed by atoms with van der Waals surface area (Å²) in [5.41, 5.74) is 5.28. The lowest BCUT2D eigenvalue weighted by molar-refractivity contribution is 0.0646. The molecule has 0 unspecified atom stereocenters. The van der Waals surface area contributed by atoms with E-state index in [2.05, 4.69) is 18.0 Å². The van der Waals surface area contributed by atoms with Crippen LogP contribution >= 0.6 is 11.3 Å². The van der Waals surface area contributed by atoms with Crippen molar-refractivity contribution in [2.75, 3.05) is 27.2 Å². The summed E-state index contributed by atoms with van der Waals surface area (Å²) in [6.45, 7) is 7.99. The summed E-state index contributed by atoms with van der Waals surface area (Å²) in [7, 11) is 3.89. The van der Waals surface area contributed by atoms with E-state index in [1.54, 1.807) is 29.4 Å². The zero-order chi connectivity index (χ0) is 24.2. The predicted molar refractivity (Wildman–Crippen MR) is 135 cm³/mol. The molecule has 7 nitrogen and oxygen atoms in total. The molecule has 0 saturated carbocycles. The molecule has 0 aliphatic carbocycles. The van der Waals surface area contributed by atoms with Crippen LogP contribution in [0.5, 0.6) is 11.5 Å². The smallest absolute Gasteiger partial charge is 0.274 e. The van der Waals surface area contributed by atoms with Crippen LogP contribution < -0.4 is 4.74 Å². The summed E-state index contributed by atoms with van der Waals surface area (Å²) in [5, 5.41) is 19.7. The Kier molecular flexibility index (Phi) is 5.53. The van der Waals surface area contributed by atoms with Gasteiger partial charge in [-0.05, 0) is 57.3 Å². The Morgan fingerprint density at radius 3 is 2.74 bits per heavy atom. The number of phenolic OH excluding ortho intramolecular Hbond substituents is 1. The van der Waals surface area contributed by atoms with Crippen molar-refractivity contribution in [3.05, 3.63) is 51.9 Å². The van der Waals surface area contributed by atoms with Crippen LogP contribution in [0.15, 0.2) is 35.0 Å². The number of ether oxygens (including phenoxy) is 1. The van der Waals surface area contributed by atoms with Crippen LogP contribution in [-0.2, 0) is 6.61 Å². The van der Waals surface area contributed by atoms with Crippen molar-refractivity contribution in [3.63, 3.8) is 0 Å². The van der Waals surface area contributed by atoms with Gasteiger partial charge >= 0.3 is 0 Å². The molecule has 34 heavy (non-hydrogen) atoms. The number of fused-ring (bicyclic) bond motifs is 3. The van der Waals surface area contributed by atoms with Gasteiger partial charge in [0, 0.05) is 53.8 Å². The van der Waals surface area contributed by atoms with Crippen molar-refractivity contribution >= 4 is 22.8 Å². The number of benzene rings is 1. The van der Waals surface area contributed by atoms with Gasteiger partial charge in [-0.3, -0.25) is 4.79 Å². The third kappa shape index (κ3) is 3.80. The number of carbonyl (C=O) groups is 1. The summed E-state index contributed by atoms with van der Waals surface area (Å²) in [5.74, 6) is 0.660. The van der Waals surface area contributed by atoms with E-state index < -0.39 is 0 Å². The fourth-order valence-electron chi connectivity index (χ4n) is 4.43. The van der Waals surface area contributed by atoms with Crippen molar-refractivity contribution in [2.24, 2.45) is 0 Å². The van der Waals surface area contributed by atoms with Crippen molar-refractivity contribution in [2.45, 2.75) is 39.3 Å². The molecule has 4 heterocycles. The van der Waals surface area contributed by atoms with Crippen LogP contribution in [0.4, 0.5) is 0 Å². The van der Waals surface area contributed by atoms with Gasteiger partial charge in [-0.2, -0.15) is 16.4 Å². The molecule has 0 bridgehead atoms. The highest BCUT2D eigenvalue weighted by Crippen LogP contribution is 2.45.